The first-order valence-corrected chi connectivity index (χ1v) is 10.3. The Morgan fingerprint density at radius 2 is 1.90 bits per heavy atom. The van der Waals surface area contributed by atoms with E-state index in [-0.39, 0.29) is 18.1 Å². The number of carbonyl (C=O) groups excluding carboxylic acids is 2. The maximum Gasteiger partial charge on any atom is 0.410 e. The number of rotatable bonds is 2. The molecule has 158 valence electrons. The Hall–Kier alpha value is -2.57. The number of amides is 1. The second-order valence-corrected chi connectivity index (χ2v) is 8.87. The maximum atomic E-state index is 12.4. The molecule has 3 rings (SSSR count). The second-order valence-electron chi connectivity index (χ2n) is 8.87. The van der Waals surface area contributed by atoms with Gasteiger partial charge in [0.1, 0.15) is 5.60 Å². The van der Waals surface area contributed by atoms with Crippen LogP contribution in [0.1, 0.15) is 41.0 Å². The van der Waals surface area contributed by atoms with Crippen molar-refractivity contribution >= 4 is 18.2 Å². The lowest BCUT2D eigenvalue weighted by atomic mass is 10.0. The number of carbonyl (C=O) groups is 2. The molecule has 7 nitrogen and oxygen atoms in total. The number of hydrogen-bond donors (Lipinski definition) is 0. The molecule has 1 amide bonds. The van der Waals surface area contributed by atoms with Crippen LogP contribution in [-0.2, 0) is 9.53 Å². The Balaban J connectivity index is 1.78. The van der Waals surface area contributed by atoms with Gasteiger partial charge in [0.25, 0.3) is 0 Å². The Labute approximate surface area is 173 Å². The molecule has 7 heteroatoms. The first-order chi connectivity index (χ1) is 13.7. The smallest absolute Gasteiger partial charge is 0.410 e. The zero-order valence-corrected chi connectivity index (χ0v) is 18.1. The molecule has 0 radical (unpaired) electrons. The first-order valence-electron chi connectivity index (χ1n) is 10.3. The minimum Gasteiger partial charge on any atom is -0.444 e. The number of ether oxygens (including phenoxy) is 1. The zero-order chi connectivity index (χ0) is 21.2. The van der Waals surface area contributed by atoms with E-state index in [0.29, 0.717) is 31.9 Å². The topological polar surface area (TPSA) is 65.5 Å². The van der Waals surface area contributed by atoms with Gasteiger partial charge < -0.3 is 14.5 Å². The van der Waals surface area contributed by atoms with E-state index in [1.807, 2.05) is 50.9 Å². The van der Waals surface area contributed by atoms with E-state index >= 15 is 0 Å². The summed E-state index contributed by atoms with van der Waals surface area (Å²) in [6, 6.07) is 0.0532. The fourth-order valence-corrected chi connectivity index (χ4v) is 3.63. The average Bonchev–Trinajstić information content (AvgIpc) is 2.64. The minimum absolute atomic E-state index is 0.0532. The normalized spacial score (nSPS) is 28.9. The van der Waals surface area contributed by atoms with Crippen molar-refractivity contribution in [1.82, 2.24) is 14.7 Å². The highest BCUT2D eigenvalue weighted by Gasteiger charge is 2.31. The van der Waals surface area contributed by atoms with Crippen molar-refractivity contribution in [2.75, 3.05) is 26.2 Å². The van der Waals surface area contributed by atoms with E-state index in [1.165, 1.54) is 0 Å². The van der Waals surface area contributed by atoms with Crippen LogP contribution in [0.25, 0.3) is 0 Å². The van der Waals surface area contributed by atoms with Gasteiger partial charge in [0, 0.05) is 32.4 Å². The SMILES string of the molecule is CC1/C=C(/C=O)N2C=CC(C)N=C2/C(N2CCN(C(=O)OC(C)(C)C)CC2)=C/C1. The van der Waals surface area contributed by atoms with E-state index in [0.717, 1.165) is 24.2 Å². The zero-order valence-electron chi connectivity index (χ0n) is 18.1. The number of fused-ring (bicyclic) bond motifs is 1. The molecule has 0 bridgehead atoms. The lowest BCUT2D eigenvalue weighted by Gasteiger charge is -2.40. The molecule has 3 aliphatic rings. The molecule has 2 unspecified atom stereocenters. The van der Waals surface area contributed by atoms with Crippen molar-refractivity contribution in [3.05, 3.63) is 35.8 Å². The molecule has 1 fully saturated rings. The molecule has 0 saturated carbocycles. The number of amidine groups is 1. The maximum absolute atomic E-state index is 12.4. The van der Waals surface area contributed by atoms with Crippen LogP contribution in [-0.4, -0.2) is 70.7 Å². The summed E-state index contributed by atoms with van der Waals surface area (Å²) < 4.78 is 5.50. The van der Waals surface area contributed by atoms with Gasteiger partial charge in [0.15, 0.2) is 12.1 Å². The highest BCUT2D eigenvalue weighted by molar-refractivity contribution is 6.03. The lowest BCUT2D eigenvalue weighted by Crippen LogP contribution is -2.51. The van der Waals surface area contributed by atoms with Gasteiger partial charge >= 0.3 is 6.09 Å². The van der Waals surface area contributed by atoms with Crippen molar-refractivity contribution in [3.8, 4) is 0 Å². The summed E-state index contributed by atoms with van der Waals surface area (Å²) in [7, 11) is 0. The van der Waals surface area contributed by atoms with Crippen molar-refractivity contribution in [3.63, 3.8) is 0 Å². The number of allylic oxidation sites excluding steroid dienone is 3. The molecule has 0 aliphatic carbocycles. The van der Waals surface area contributed by atoms with E-state index < -0.39 is 5.60 Å². The summed E-state index contributed by atoms with van der Waals surface area (Å²) in [4.78, 5) is 34.8. The summed E-state index contributed by atoms with van der Waals surface area (Å²) in [5.74, 6) is 1.05. The standard InChI is InChI=1S/C22H32N4O3/c1-16-6-7-19(20-23-17(2)8-9-26(20)18(14-16)15-27)24-10-12-25(13-11-24)21(28)29-22(3,4)5/h7-9,14-17H,6,10-13H2,1-5H3/b18-14-,19-7-. The quantitative estimate of drug-likeness (QED) is 0.666. The number of piperazine rings is 1. The van der Waals surface area contributed by atoms with Crippen molar-refractivity contribution < 1.29 is 14.3 Å². The molecule has 0 aromatic heterocycles. The van der Waals surface area contributed by atoms with E-state index in [2.05, 4.69) is 17.9 Å². The van der Waals surface area contributed by atoms with Crippen LogP contribution in [0.2, 0.25) is 0 Å². The molecule has 2 atom stereocenters. The van der Waals surface area contributed by atoms with Crippen LogP contribution >= 0.6 is 0 Å². The van der Waals surface area contributed by atoms with Crippen molar-refractivity contribution in [2.24, 2.45) is 10.9 Å². The number of aliphatic imine (C=N–C) groups is 1. The van der Waals surface area contributed by atoms with Crippen molar-refractivity contribution in [2.45, 2.75) is 52.7 Å². The van der Waals surface area contributed by atoms with Crippen LogP contribution in [0.5, 0.6) is 0 Å². The van der Waals surface area contributed by atoms with Crippen LogP contribution in [0.15, 0.2) is 40.8 Å². The second kappa shape index (κ2) is 8.43. The molecular weight excluding hydrogens is 368 g/mol. The number of nitrogens with zero attached hydrogens (tertiary/aromatic N) is 4. The Kier molecular flexibility index (Phi) is 6.15. The van der Waals surface area contributed by atoms with E-state index in [9.17, 15) is 9.59 Å². The molecule has 0 aromatic carbocycles. The molecule has 0 aromatic rings. The predicted molar refractivity (Wildman–Crippen MR) is 113 cm³/mol. The summed E-state index contributed by atoms with van der Waals surface area (Å²) in [6.45, 7) is 12.4. The summed E-state index contributed by atoms with van der Waals surface area (Å²) in [6.07, 6.45) is 9.61. The predicted octanol–water partition coefficient (Wildman–Crippen LogP) is 3.16. The van der Waals surface area contributed by atoms with Crippen LogP contribution in [0.4, 0.5) is 4.79 Å². The highest BCUT2D eigenvalue weighted by atomic mass is 16.6. The van der Waals surface area contributed by atoms with Crippen LogP contribution < -0.4 is 0 Å². The Bertz CT molecular complexity index is 767. The Morgan fingerprint density at radius 1 is 1.21 bits per heavy atom. The molecular formula is C22H32N4O3. The summed E-state index contributed by atoms with van der Waals surface area (Å²) >= 11 is 0. The summed E-state index contributed by atoms with van der Waals surface area (Å²) in [5, 5.41) is 0. The average molecular weight is 401 g/mol. The van der Waals surface area contributed by atoms with Gasteiger partial charge in [-0.3, -0.25) is 14.7 Å². The molecule has 29 heavy (non-hydrogen) atoms. The van der Waals surface area contributed by atoms with Gasteiger partial charge in [-0.25, -0.2) is 4.79 Å². The molecule has 0 spiro atoms. The molecule has 3 heterocycles. The van der Waals surface area contributed by atoms with Crippen molar-refractivity contribution in [1.29, 1.82) is 0 Å². The summed E-state index contributed by atoms with van der Waals surface area (Å²) in [5.41, 5.74) is 1.16. The first kappa shape index (κ1) is 21.1. The molecule has 1 saturated heterocycles. The number of aldehydes is 1. The molecule has 0 N–H and O–H groups in total. The van der Waals surface area contributed by atoms with Crippen LogP contribution in [0.3, 0.4) is 0 Å². The van der Waals surface area contributed by atoms with Gasteiger partial charge in [0.05, 0.1) is 17.4 Å². The van der Waals surface area contributed by atoms with Gasteiger partial charge in [-0.05, 0) is 46.1 Å². The van der Waals surface area contributed by atoms with E-state index in [4.69, 9.17) is 9.73 Å². The third-order valence-electron chi connectivity index (χ3n) is 5.11. The number of hydrogen-bond acceptors (Lipinski definition) is 6. The highest BCUT2D eigenvalue weighted by Crippen LogP contribution is 2.26. The molecule has 3 aliphatic heterocycles. The fourth-order valence-electron chi connectivity index (χ4n) is 3.63. The van der Waals surface area contributed by atoms with Crippen LogP contribution in [0, 0.1) is 5.92 Å². The lowest BCUT2D eigenvalue weighted by molar-refractivity contribution is -0.105. The van der Waals surface area contributed by atoms with Gasteiger partial charge in [-0.2, -0.15) is 0 Å². The van der Waals surface area contributed by atoms with Gasteiger partial charge in [0.2, 0.25) is 0 Å². The minimum atomic E-state index is -0.496. The van der Waals surface area contributed by atoms with Gasteiger partial charge in [-0.1, -0.05) is 19.1 Å². The Morgan fingerprint density at radius 3 is 2.52 bits per heavy atom. The van der Waals surface area contributed by atoms with Gasteiger partial charge in [-0.15, -0.1) is 0 Å². The largest absolute Gasteiger partial charge is 0.444 e. The third kappa shape index (κ3) is 5.08. The van der Waals surface area contributed by atoms with E-state index in [1.54, 1.807) is 4.90 Å². The fraction of sp³-hybridized carbons (Fsp3) is 0.591. The third-order valence-corrected chi connectivity index (χ3v) is 5.11. The monoisotopic (exact) mass is 400 g/mol.